The monoisotopic (exact) mass is 237 g/mol. The molecule has 1 aromatic carbocycles. The topological polar surface area (TPSA) is 105 Å². The van der Waals surface area contributed by atoms with E-state index >= 15 is 0 Å². The number of benzene rings is 1. The Morgan fingerprint density at radius 1 is 1.24 bits per heavy atom. The molecule has 2 N–H and O–H groups in total. The molecule has 1 aromatic heterocycles. The lowest BCUT2D eigenvalue weighted by atomic mass is 10.2. The molecule has 0 spiro atoms. The highest BCUT2D eigenvalue weighted by Gasteiger charge is 2.04. The van der Waals surface area contributed by atoms with Gasteiger partial charge in [0, 0.05) is 7.05 Å². The van der Waals surface area contributed by atoms with Crippen molar-refractivity contribution in [3.8, 4) is 0 Å². The third kappa shape index (κ3) is 3.00. The second-order valence-corrected chi connectivity index (χ2v) is 3.27. The number of aliphatic carboxylic acids is 2. The van der Waals surface area contributed by atoms with E-state index < -0.39 is 11.9 Å². The second kappa shape index (κ2) is 5.06. The molecule has 1 heterocycles. The fourth-order valence-electron chi connectivity index (χ4n) is 1.19. The first-order valence-corrected chi connectivity index (χ1v) is 4.64. The van der Waals surface area contributed by atoms with E-state index in [4.69, 9.17) is 19.8 Å². The van der Waals surface area contributed by atoms with Crippen LogP contribution in [0.4, 0.5) is 0 Å². The van der Waals surface area contributed by atoms with Gasteiger partial charge in [-0.25, -0.2) is 14.3 Å². The highest BCUT2D eigenvalue weighted by Crippen LogP contribution is 2.13. The summed E-state index contributed by atoms with van der Waals surface area (Å²) >= 11 is 0. The zero-order valence-electron chi connectivity index (χ0n) is 9.28. The highest BCUT2D eigenvalue weighted by molar-refractivity contribution is 6.27. The molecule has 0 fully saturated rings. The van der Waals surface area contributed by atoms with Gasteiger partial charge in [-0.3, -0.25) is 0 Å². The molecule has 0 radical (unpaired) electrons. The van der Waals surface area contributed by atoms with E-state index in [1.165, 1.54) is 5.56 Å². The quantitative estimate of drug-likeness (QED) is 0.644. The Morgan fingerprint density at radius 2 is 1.82 bits per heavy atom. The maximum atomic E-state index is 9.10. The standard InChI is InChI=1S/C8H9N3.C2H2O4/c1-6-4-3-5-7-8(6)9-10-11(7)2;3-1(4)2(5)6/h3-5H,1-2H3;(H,3,4)(H,5,6). The van der Waals surface area contributed by atoms with Crippen molar-refractivity contribution in [1.82, 2.24) is 15.0 Å². The van der Waals surface area contributed by atoms with Crippen molar-refractivity contribution in [2.75, 3.05) is 0 Å². The number of fused-ring (bicyclic) bond motifs is 1. The number of hydrogen-bond donors (Lipinski definition) is 2. The summed E-state index contributed by atoms with van der Waals surface area (Å²) in [6.07, 6.45) is 0. The normalized spacial score (nSPS) is 9.53. The molecule has 0 bridgehead atoms. The minimum atomic E-state index is -1.82. The summed E-state index contributed by atoms with van der Waals surface area (Å²) < 4.78 is 1.78. The largest absolute Gasteiger partial charge is 0.473 e. The summed E-state index contributed by atoms with van der Waals surface area (Å²) in [5.74, 6) is -3.65. The summed E-state index contributed by atoms with van der Waals surface area (Å²) in [7, 11) is 1.90. The van der Waals surface area contributed by atoms with Crippen LogP contribution >= 0.6 is 0 Å². The van der Waals surface area contributed by atoms with Crippen LogP contribution in [0.15, 0.2) is 18.2 Å². The zero-order valence-corrected chi connectivity index (χ0v) is 9.28. The number of rotatable bonds is 0. The lowest BCUT2D eigenvalue weighted by molar-refractivity contribution is -0.159. The van der Waals surface area contributed by atoms with E-state index in [0.29, 0.717) is 0 Å². The first-order valence-electron chi connectivity index (χ1n) is 4.64. The second-order valence-electron chi connectivity index (χ2n) is 3.27. The molecule has 7 heteroatoms. The fraction of sp³-hybridized carbons (Fsp3) is 0.200. The zero-order chi connectivity index (χ0) is 13.0. The van der Waals surface area contributed by atoms with Crippen molar-refractivity contribution in [1.29, 1.82) is 0 Å². The van der Waals surface area contributed by atoms with Crippen LogP contribution in [0, 0.1) is 6.92 Å². The van der Waals surface area contributed by atoms with Gasteiger partial charge in [0.05, 0.1) is 5.52 Å². The molecular formula is C10H11N3O4. The maximum absolute atomic E-state index is 9.10. The van der Waals surface area contributed by atoms with Gasteiger partial charge in [0.25, 0.3) is 0 Å². The van der Waals surface area contributed by atoms with Crippen molar-refractivity contribution in [3.63, 3.8) is 0 Å². The summed E-state index contributed by atoms with van der Waals surface area (Å²) in [5, 5.41) is 22.7. The van der Waals surface area contributed by atoms with Crippen LogP contribution in [-0.2, 0) is 16.6 Å². The van der Waals surface area contributed by atoms with Crippen molar-refractivity contribution >= 4 is 23.0 Å². The van der Waals surface area contributed by atoms with E-state index in [9.17, 15) is 0 Å². The van der Waals surface area contributed by atoms with Gasteiger partial charge in [-0.2, -0.15) is 0 Å². The number of carboxylic acids is 2. The van der Waals surface area contributed by atoms with E-state index in [1.54, 1.807) is 4.68 Å². The van der Waals surface area contributed by atoms with Crippen molar-refractivity contribution in [2.24, 2.45) is 7.05 Å². The first kappa shape index (κ1) is 12.6. The Labute approximate surface area is 96.3 Å². The molecule has 0 aliphatic rings. The van der Waals surface area contributed by atoms with Gasteiger partial charge in [0.1, 0.15) is 5.52 Å². The van der Waals surface area contributed by atoms with Crippen molar-refractivity contribution in [2.45, 2.75) is 6.92 Å². The Morgan fingerprint density at radius 3 is 2.29 bits per heavy atom. The van der Waals surface area contributed by atoms with Crippen LogP contribution in [-0.4, -0.2) is 37.1 Å². The molecule has 7 nitrogen and oxygen atoms in total. The van der Waals surface area contributed by atoms with Crippen LogP contribution in [0.5, 0.6) is 0 Å². The molecular weight excluding hydrogens is 226 g/mol. The number of nitrogens with zero attached hydrogens (tertiary/aromatic N) is 3. The number of aryl methyl sites for hydroxylation is 2. The number of aromatic nitrogens is 3. The third-order valence-electron chi connectivity index (χ3n) is 2.03. The average Bonchev–Trinajstić information content (AvgIpc) is 2.63. The smallest absolute Gasteiger partial charge is 0.414 e. The summed E-state index contributed by atoms with van der Waals surface area (Å²) in [6.45, 7) is 2.04. The predicted octanol–water partition coefficient (Wildman–Crippen LogP) is 0.432. The van der Waals surface area contributed by atoms with Crippen molar-refractivity contribution < 1.29 is 19.8 Å². The van der Waals surface area contributed by atoms with Crippen LogP contribution in [0.2, 0.25) is 0 Å². The Kier molecular flexibility index (Phi) is 3.76. The van der Waals surface area contributed by atoms with E-state index in [1.807, 2.05) is 32.2 Å². The molecule has 0 amide bonds. The van der Waals surface area contributed by atoms with Gasteiger partial charge in [-0.15, -0.1) is 5.10 Å². The molecule has 2 aromatic rings. The van der Waals surface area contributed by atoms with Gasteiger partial charge < -0.3 is 10.2 Å². The summed E-state index contributed by atoms with van der Waals surface area (Å²) in [5.41, 5.74) is 3.26. The minimum absolute atomic E-state index is 0.995. The molecule has 0 atom stereocenters. The molecule has 0 aliphatic heterocycles. The molecule has 0 saturated carbocycles. The first-order chi connectivity index (χ1) is 7.93. The van der Waals surface area contributed by atoms with E-state index in [2.05, 4.69) is 10.3 Å². The van der Waals surface area contributed by atoms with Gasteiger partial charge in [-0.1, -0.05) is 17.3 Å². The summed E-state index contributed by atoms with van der Waals surface area (Å²) in [4.78, 5) is 18.2. The van der Waals surface area contributed by atoms with Crippen LogP contribution in [0.25, 0.3) is 11.0 Å². The lowest BCUT2D eigenvalue weighted by Crippen LogP contribution is -2.09. The average molecular weight is 237 g/mol. The molecule has 2 rings (SSSR count). The lowest BCUT2D eigenvalue weighted by Gasteiger charge is -1.92. The van der Waals surface area contributed by atoms with Gasteiger partial charge in [-0.05, 0) is 18.6 Å². The molecule has 0 unspecified atom stereocenters. The summed E-state index contributed by atoms with van der Waals surface area (Å²) in [6, 6.07) is 6.07. The van der Waals surface area contributed by atoms with Gasteiger partial charge in [0.2, 0.25) is 0 Å². The number of carboxylic acid groups (broad SMARTS) is 2. The predicted molar refractivity (Wildman–Crippen MR) is 58.5 cm³/mol. The maximum Gasteiger partial charge on any atom is 0.414 e. The minimum Gasteiger partial charge on any atom is -0.473 e. The Bertz CT molecular complexity index is 550. The van der Waals surface area contributed by atoms with Crippen LogP contribution < -0.4 is 0 Å². The third-order valence-corrected chi connectivity index (χ3v) is 2.03. The SMILES string of the molecule is Cc1cccc2c1nnn2C.O=C(O)C(=O)O. The van der Waals surface area contributed by atoms with Gasteiger partial charge in [0.15, 0.2) is 0 Å². The Hall–Kier alpha value is -2.44. The van der Waals surface area contributed by atoms with Crippen molar-refractivity contribution in [3.05, 3.63) is 23.8 Å². The van der Waals surface area contributed by atoms with E-state index in [0.717, 1.165) is 11.0 Å². The van der Waals surface area contributed by atoms with E-state index in [-0.39, 0.29) is 0 Å². The molecule has 17 heavy (non-hydrogen) atoms. The fourth-order valence-corrected chi connectivity index (χ4v) is 1.19. The number of hydrogen-bond acceptors (Lipinski definition) is 4. The van der Waals surface area contributed by atoms with Crippen LogP contribution in [0.1, 0.15) is 5.56 Å². The molecule has 0 saturated heterocycles. The van der Waals surface area contributed by atoms with Gasteiger partial charge >= 0.3 is 11.9 Å². The highest BCUT2D eigenvalue weighted by atomic mass is 16.4. The van der Waals surface area contributed by atoms with Crippen LogP contribution in [0.3, 0.4) is 0 Å². The molecule has 0 aliphatic carbocycles. The molecule has 90 valence electrons. The Balaban J connectivity index is 0.000000209. The number of carbonyl (C=O) groups is 2.